The molecular formula is C31H31N7O6S. The molecule has 5 aromatic rings. The van der Waals surface area contributed by atoms with Gasteiger partial charge in [0.25, 0.3) is 0 Å². The van der Waals surface area contributed by atoms with Gasteiger partial charge in [0, 0.05) is 24.0 Å². The van der Waals surface area contributed by atoms with Crippen LogP contribution in [0.1, 0.15) is 12.5 Å². The molecule has 2 aromatic heterocycles. The molecule has 0 unspecified atom stereocenters. The lowest BCUT2D eigenvalue weighted by molar-refractivity contribution is -0.121. The van der Waals surface area contributed by atoms with E-state index < -0.39 is 22.0 Å². The molecule has 1 atom stereocenters. The maximum atomic E-state index is 13.2. The molecule has 0 radical (unpaired) electrons. The molecule has 3 aromatic carbocycles. The number of hydrogen-bond acceptors (Lipinski definition) is 10. The molecule has 0 saturated carbocycles. The summed E-state index contributed by atoms with van der Waals surface area (Å²) in [5.41, 5.74) is 2.06. The number of rotatable bonds is 8. The number of benzene rings is 3. The first-order valence-electron chi connectivity index (χ1n) is 14.3. The Bertz CT molecular complexity index is 1980. The Balaban J connectivity index is 1.39. The van der Waals surface area contributed by atoms with Gasteiger partial charge in [-0.2, -0.15) is 4.52 Å². The van der Waals surface area contributed by atoms with Crippen molar-refractivity contribution in [3.63, 3.8) is 0 Å². The lowest BCUT2D eigenvalue weighted by Gasteiger charge is -2.23. The highest BCUT2D eigenvalue weighted by Crippen LogP contribution is 2.29. The van der Waals surface area contributed by atoms with E-state index in [1.165, 1.54) is 15.5 Å². The van der Waals surface area contributed by atoms with Crippen LogP contribution >= 0.6 is 0 Å². The van der Waals surface area contributed by atoms with E-state index in [2.05, 4.69) is 15.7 Å². The number of methoxy groups -OCH3 is 1. The number of nitrogens with zero attached hydrogens (tertiary/aromatic N) is 5. The van der Waals surface area contributed by atoms with E-state index in [0.717, 1.165) is 5.56 Å². The minimum atomic E-state index is -3.67. The number of ether oxygens (including phenoxy) is 2. The maximum absolute atomic E-state index is 13.2. The van der Waals surface area contributed by atoms with E-state index in [4.69, 9.17) is 19.4 Å². The van der Waals surface area contributed by atoms with E-state index in [9.17, 15) is 18.0 Å². The molecule has 232 valence electrons. The zero-order chi connectivity index (χ0) is 31.6. The van der Waals surface area contributed by atoms with Crippen LogP contribution < -0.4 is 15.4 Å². The third-order valence-corrected chi connectivity index (χ3v) is 9.26. The lowest BCUT2D eigenvalue weighted by Crippen LogP contribution is -2.44. The first kappa shape index (κ1) is 29.8. The zero-order valence-electron chi connectivity index (χ0n) is 24.6. The van der Waals surface area contributed by atoms with Crippen LogP contribution in [0, 0.1) is 0 Å². The van der Waals surface area contributed by atoms with Gasteiger partial charge in [-0.15, -0.1) is 5.10 Å². The van der Waals surface area contributed by atoms with E-state index in [-0.39, 0.29) is 54.3 Å². The van der Waals surface area contributed by atoms with Gasteiger partial charge in [-0.3, -0.25) is 4.79 Å². The normalized spacial score (nSPS) is 15.5. The van der Waals surface area contributed by atoms with Crippen molar-refractivity contribution in [1.82, 2.24) is 29.8 Å². The van der Waals surface area contributed by atoms with Crippen LogP contribution in [0.4, 0.5) is 10.7 Å². The third-order valence-electron chi connectivity index (χ3n) is 7.50. The van der Waals surface area contributed by atoms with Crippen LogP contribution in [0.5, 0.6) is 5.75 Å². The minimum Gasteiger partial charge on any atom is -0.497 e. The summed E-state index contributed by atoms with van der Waals surface area (Å²) in [6.07, 6.45) is -0.572. The second-order valence-corrected chi connectivity index (χ2v) is 12.6. The monoisotopic (exact) mass is 629 g/mol. The number of carbonyl (C=O) groups excluding carboxylic acids is 2. The van der Waals surface area contributed by atoms with Crippen molar-refractivity contribution in [1.29, 1.82) is 0 Å². The SMILES string of the molecule is CCS(=O)(=O)c1cccc2c1nc(N[C@@H]1CN(C(=O)OCc3ccccc3)CCNC1=O)n1nc(-c3ccc(OC)cc3)nc21. The Morgan fingerprint density at radius 3 is 2.56 bits per heavy atom. The number of sulfone groups is 1. The fourth-order valence-corrected chi connectivity index (χ4v) is 6.09. The summed E-state index contributed by atoms with van der Waals surface area (Å²) >= 11 is 0. The van der Waals surface area contributed by atoms with Crippen molar-refractivity contribution < 1.29 is 27.5 Å². The topological polar surface area (TPSA) is 157 Å². The molecular weight excluding hydrogens is 598 g/mol. The van der Waals surface area contributed by atoms with Gasteiger partial charge in [-0.1, -0.05) is 43.3 Å². The number of nitrogens with one attached hydrogen (secondary N) is 2. The summed E-state index contributed by atoms with van der Waals surface area (Å²) < 4.78 is 38.4. The molecule has 1 saturated heterocycles. The predicted octanol–water partition coefficient (Wildman–Crippen LogP) is 3.30. The quantitative estimate of drug-likeness (QED) is 0.261. The summed E-state index contributed by atoms with van der Waals surface area (Å²) in [7, 11) is -2.10. The highest BCUT2D eigenvalue weighted by Gasteiger charge is 2.30. The second-order valence-electron chi connectivity index (χ2n) is 10.4. The molecule has 3 heterocycles. The molecule has 1 fully saturated rings. The largest absolute Gasteiger partial charge is 0.497 e. The third kappa shape index (κ3) is 6.09. The second kappa shape index (κ2) is 12.4. The van der Waals surface area contributed by atoms with Crippen LogP contribution in [0.25, 0.3) is 27.9 Å². The molecule has 1 aliphatic heterocycles. The average molecular weight is 630 g/mol. The lowest BCUT2D eigenvalue weighted by atomic mass is 10.2. The van der Waals surface area contributed by atoms with Crippen molar-refractivity contribution in [2.45, 2.75) is 24.5 Å². The molecule has 0 bridgehead atoms. The number of anilines is 1. The van der Waals surface area contributed by atoms with Gasteiger partial charge in [-0.25, -0.2) is 23.2 Å². The van der Waals surface area contributed by atoms with E-state index in [1.807, 2.05) is 30.3 Å². The van der Waals surface area contributed by atoms with Crippen LogP contribution in [-0.4, -0.2) is 83.4 Å². The van der Waals surface area contributed by atoms with Crippen LogP contribution in [-0.2, 0) is 26.0 Å². The van der Waals surface area contributed by atoms with Gasteiger partial charge in [0.15, 0.2) is 21.3 Å². The molecule has 2 N–H and O–H groups in total. The van der Waals surface area contributed by atoms with Crippen LogP contribution in [0.2, 0.25) is 0 Å². The fraction of sp³-hybridized carbons (Fsp3) is 0.258. The number of aromatic nitrogens is 4. The van der Waals surface area contributed by atoms with Crippen molar-refractivity contribution in [3.8, 4) is 17.1 Å². The van der Waals surface area contributed by atoms with Gasteiger partial charge < -0.3 is 25.0 Å². The van der Waals surface area contributed by atoms with Crippen LogP contribution in [0.3, 0.4) is 0 Å². The van der Waals surface area contributed by atoms with Gasteiger partial charge >= 0.3 is 6.09 Å². The number of amides is 2. The average Bonchev–Trinajstić information content (AvgIpc) is 3.44. The van der Waals surface area contributed by atoms with Crippen molar-refractivity contribution in [2.24, 2.45) is 0 Å². The molecule has 0 aliphatic carbocycles. The Labute approximate surface area is 259 Å². The van der Waals surface area contributed by atoms with Gasteiger partial charge in [0.1, 0.15) is 18.4 Å². The van der Waals surface area contributed by atoms with Crippen molar-refractivity contribution >= 4 is 44.3 Å². The van der Waals surface area contributed by atoms with Crippen molar-refractivity contribution in [2.75, 3.05) is 37.8 Å². The van der Waals surface area contributed by atoms with Gasteiger partial charge in [0.2, 0.25) is 11.9 Å². The summed E-state index contributed by atoms with van der Waals surface area (Å²) in [6, 6.07) is 20.4. The summed E-state index contributed by atoms with van der Waals surface area (Å²) in [5.74, 6) is 0.612. The zero-order valence-corrected chi connectivity index (χ0v) is 25.5. The van der Waals surface area contributed by atoms with Gasteiger partial charge in [-0.05, 0) is 42.0 Å². The number of para-hydroxylation sites is 1. The first-order chi connectivity index (χ1) is 21.8. The van der Waals surface area contributed by atoms with E-state index in [1.54, 1.807) is 50.4 Å². The smallest absolute Gasteiger partial charge is 0.410 e. The molecule has 6 rings (SSSR count). The Kier molecular flexibility index (Phi) is 8.22. The number of carbonyl (C=O) groups is 2. The highest BCUT2D eigenvalue weighted by molar-refractivity contribution is 7.91. The van der Waals surface area contributed by atoms with Crippen LogP contribution in [0.15, 0.2) is 77.7 Å². The Morgan fingerprint density at radius 2 is 1.82 bits per heavy atom. The Morgan fingerprint density at radius 1 is 1.04 bits per heavy atom. The summed E-state index contributed by atoms with van der Waals surface area (Å²) in [5, 5.41) is 11.1. The molecule has 45 heavy (non-hydrogen) atoms. The molecule has 13 nitrogen and oxygen atoms in total. The van der Waals surface area contributed by atoms with Crippen molar-refractivity contribution in [3.05, 3.63) is 78.4 Å². The van der Waals surface area contributed by atoms with E-state index >= 15 is 0 Å². The minimum absolute atomic E-state index is 0.0321. The number of fused-ring (bicyclic) bond motifs is 3. The summed E-state index contributed by atoms with van der Waals surface area (Å²) in [6.45, 7) is 2.08. The standard InChI is InChI=1S/C31H31N7O6S/c1-3-45(41,42)25-11-7-10-23-26(25)34-30(38-28(23)35-27(36-38)21-12-14-22(43-2)15-13-21)33-24-18-37(17-16-32-29(24)39)31(40)44-19-20-8-5-4-6-9-20/h4-15,24H,3,16-19H2,1-2H3,(H,32,39)(H,33,34)/t24-/m1/s1. The Hall–Kier alpha value is -5.24. The summed E-state index contributed by atoms with van der Waals surface area (Å²) in [4.78, 5) is 37.1. The molecule has 2 amide bonds. The molecule has 14 heteroatoms. The van der Waals surface area contributed by atoms with E-state index in [0.29, 0.717) is 28.2 Å². The highest BCUT2D eigenvalue weighted by atomic mass is 32.2. The first-order valence-corrected chi connectivity index (χ1v) is 16.0. The molecule has 1 aliphatic rings. The fourth-order valence-electron chi connectivity index (χ4n) is 5.04. The number of hydrogen-bond donors (Lipinski definition) is 2. The molecule has 0 spiro atoms. The maximum Gasteiger partial charge on any atom is 0.410 e. The van der Waals surface area contributed by atoms with Gasteiger partial charge in [0.05, 0.1) is 29.8 Å². The predicted molar refractivity (Wildman–Crippen MR) is 167 cm³/mol.